The predicted octanol–water partition coefficient (Wildman–Crippen LogP) is 3.21. The number of hydrogen-bond acceptors (Lipinski definition) is 10. The highest BCUT2D eigenvalue weighted by Gasteiger charge is 2.21. The van der Waals surface area contributed by atoms with Gasteiger partial charge in [0.2, 0.25) is 0 Å². The second-order valence-electron chi connectivity index (χ2n) is 9.16. The highest BCUT2D eigenvalue weighted by Crippen LogP contribution is 2.33. The Morgan fingerprint density at radius 2 is 1.46 bits per heavy atom. The van der Waals surface area contributed by atoms with E-state index in [9.17, 15) is 14.4 Å². The van der Waals surface area contributed by atoms with Crippen molar-refractivity contribution in [1.82, 2.24) is 0 Å². The van der Waals surface area contributed by atoms with E-state index in [2.05, 4.69) is 0 Å². The molecule has 212 valence electrons. The second kappa shape index (κ2) is 15.0. The van der Waals surface area contributed by atoms with Gasteiger partial charge in [0.1, 0.15) is 44.1 Å². The molecule has 1 aliphatic rings. The summed E-state index contributed by atoms with van der Waals surface area (Å²) < 4.78 is 28.0. The molecular weight excluding hydrogens is 504 g/mol. The first-order valence-corrected chi connectivity index (χ1v) is 13.1. The Morgan fingerprint density at radius 1 is 0.872 bits per heavy atom. The lowest BCUT2D eigenvalue weighted by Crippen LogP contribution is -2.36. The molecule has 0 spiro atoms. The number of aldehydes is 1. The number of carbonyl (C=O) groups excluding carboxylic acids is 3. The first-order valence-electron chi connectivity index (χ1n) is 13.1. The lowest BCUT2D eigenvalue weighted by Gasteiger charge is -2.27. The number of aryl methyl sites for hydroxylation is 2. The first-order chi connectivity index (χ1) is 18.9. The Kier molecular flexibility index (Phi) is 11.4. The van der Waals surface area contributed by atoms with Gasteiger partial charge in [-0.25, -0.2) is 0 Å². The van der Waals surface area contributed by atoms with Crippen molar-refractivity contribution < 1.29 is 38.1 Å². The molecule has 10 nitrogen and oxygen atoms in total. The van der Waals surface area contributed by atoms with Gasteiger partial charge in [-0.05, 0) is 48.7 Å². The van der Waals surface area contributed by atoms with Crippen LogP contribution in [0.4, 0.5) is 11.4 Å². The summed E-state index contributed by atoms with van der Waals surface area (Å²) in [5.74, 6) is 0.290. The number of anilines is 2. The second-order valence-corrected chi connectivity index (χ2v) is 9.16. The Hall–Kier alpha value is -3.79. The summed E-state index contributed by atoms with van der Waals surface area (Å²) in [6, 6.07) is 9.39. The van der Waals surface area contributed by atoms with Crippen LogP contribution < -0.4 is 19.3 Å². The number of fused-ring (bicyclic) bond motifs is 2. The van der Waals surface area contributed by atoms with Crippen molar-refractivity contribution in [3.05, 3.63) is 47.0 Å². The molecule has 0 saturated carbocycles. The number of hydrogen-bond donors (Lipinski definition) is 0. The fourth-order valence-electron chi connectivity index (χ4n) is 4.35. The minimum atomic E-state index is -0.409. The van der Waals surface area contributed by atoms with E-state index >= 15 is 0 Å². The number of nitrogens with zero attached hydrogens (tertiary/aromatic N) is 2. The van der Waals surface area contributed by atoms with Gasteiger partial charge in [0.25, 0.3) is 0 Å². The molecule has 1 aliphatic heterocycles. The van der Waals surface area contributed by atoms with Gasteiger partial charge in [-0.3, -0.25) is 14.4 Å². The molecule has 0 atom stereocenters. The van der Waals surface area contributed by atoms with Crippen LogP contribution in [0.5, 0.6) is 11.5 Å². The van der Waals surface area contributed by atoms with Crippen LogP contribution in [0.2, 0.25) is 0 Å². The molecular formula is C29H38N2O8. The van der Waals surface area contributed by atoms with E-state index in [1.807, 2.05) is 47.9 Å². The van der Waals surface area contributed by atoms with Crippen molar-refractivity contribution in [3.63, 3.8) is 0 Å². The number of esters is 2. The molecule has 10 heteroatoms. The van der Waals surface area contributed by atoms with Crippen molar-refractivity contribution >= 4 is 29.6 Å². The van der Waals surface area contributed by atoms with E-state index in [0.717, 1.165) is 29.5 Å². The normalized spacial score (nSPS) is 14.5. The standard InChI is InChI=1S/C29H38N2O8/c1-5-6-22-16-25-27(17-23(22)20-32)39-14-13-38-26-15-21(2)7-8-24(26)30(18-28(33)35-3)9-11-37-12-10-31(25)19-29(34)36-4/h7-8,15-17,20H,5-6,9-14,18-19H2,1-4H3. The minimum Gasteiger partial charge on any atom is -0.488 e. The molecule has 0 fully saturated rings. The zero-order chi connectivity index (χ0) is 28.2. The Morgan fingerprint density at radius 3 is 2.03 bits per heavy atom. The van der Waals surface area contributed by atoms with Crippen LogP contribution in [-0.4, -0.2) is 85.1 Å². The molecule has 0 radical (unpaired) electrons. The molecule has 0 N–H and O–H groups in total. The van der Waals surface area contributed by atoms with E-state index < -0.39 is 5.97 Å². The molecule has 0 aromatic heterocycles. The molecule has 0 amide bonds. The maximum absolute atomic E-state index is 12.3. The van der Waals surface area contributed by atoms with Gasteiger partial charge in [0.15, 0.2) is 0 Å². The van der Waals surface area contributed by atoms with Crippen LogP contribution in [0, 0.1) is 6.92 Å². The van der Waals surface area contributed by atoms with Crippen LogP contribution in [0.15, 0.2) is 30.3 Å². The summed E-state index contributed by atoms with van der Waals surface area (Å²) in [4.78, 5) is 40.0. The van der Waals surface area contributed by atoms with Crippen LogP contribution in [0.1, 0.15) is 34.8 Å². The Labute approximate surface area is 229 Å². The van der Waals surface area contributed by atoms with Crippen LogP contribution in [0.3, 0.4) is 0 Å². The van der Waals surface area contributed by atoms with Gasteiger partial charge in [0.05, 0.1) is 38.8 Å². The summed E-state index contributed by atoms with van der Waals surface area (Å²) in [7, 11) is 2.69. The fraction of sp³-hybridized carbons (Fsp3) is 0.483. The number of carbonyl (C=O) groups is 3. The van der Waals surface area contributed by atoms with Gasteiger partial charge in [0, 0.05) is 18.7 Å². The van der Waals surface area contributed by atoms with Gasteiger partial charge < -0.3 is 33.5 Å². The smallest absolute Gasteiger partial charge is 0.325 e. The van der Waals surface area contributed by atoms with Crippen LogP contribution >= 0.6 is 0 Å². The largest absolute Gasteiger partial charge is 0.488 e. The Balaban J connectivity index is 1.97. The number of benzene rings is 2. The minimum absolute atomic E-state index is 0.0160. The highest BCUT2D eigenvalue weighted by atomic mass is 16.5. The topological polar surface area (TPSA) is 104 Å². The first kappa shape index (κ1) is 29.8. The average molecular weight is 543 g/mol. The molecule has 0 bridgehead atoms. The number of methoxy groups -OCH3 is 2. The van der Waals surface area contributed by atoms with Gasteiger partial charge in [-0.15, -0.1) is 0 Å². The summed E-state index contributed by atoms with van der Waals surface area (Å²) in [5, 5.41) is 0. The van der Waals surface area contributed by atoms with E-state index in [1.54, 1.807) is 6.07 Å². The van der Waals surface area contributed by atoms with E-state index in [4.69, 9.17) is 23.7 Å². The van der Waals surface area contributed by atoms with E-state index in [1.165, 1.54) is 14.2 Å². The highest BCUT2D eigenvalue weighted by molar-refractivity contribution is 5.83. The molecule has 0 unspecified atom stereocenters. The van der Waals surface area contributed by atoms with Crippen LogP contribution in [-0.2, 0) is 30.2 Å². The molecule has 0 saturated heterocycles. The monoisotopic (exact) mass is 542 g/mol. The lowest BCUT2D eigenvalue weighted by atomic mass is 10.0. The summed E-state index contributed by atoms with van der Waals surface area (Å²) in [6.07, 6.45) is 2.39. The summed E-state index contributed by atoms with van der Waals surface area (Å²) in [6.45, 7) is 5.84. The maximum Gasteiger partial charge on any atom is 0.325 e. The average Bonchev–Trinajstić information content (AvgIpc) is 2.94. The molecule has 1 heterocycles. The Bertz CT molecular complexity index is 1140. The third-order valence-electron chi connectivity index (χ3n) is 6.37. The third-order valence-corrected chi connectivity index (χ3v) is 6.37. The fourth-order valence-corrected chi connectivity index (χ4v) is 4.35. The summed E-state index contributed by atoms with van der Waals surface area (Å²) >= 11 is 0. The van der Waals surface area contributed by atoms with Crippen molar-refractivity contribution in [2.24, 2.45) is 0 Å². The predicted molar refractivity (Wildman–Crippen MR) is 147 cm³/mol. The molecule has 3 rings (SSSR count). The van der Waals surface area contributed by atoms with Crippen molar-refractivity contribution in [3.8, 4) is 11.5 Å². The van der Waals surface area contributed by atoms with E-state index in [0.29, 0.717) is 55.5 Å². The van der Waals surface area contributed by atoms with Crippen molar-refractivity contribution in [2.75, 3.05) is 76.6 Å². The zero-order valence-electron chi connectivity index (χ0n) is 23.2. The van der Waals surface area contributed by atoms with Crippen molar-refractivity contribution in [2.45, 2.75) is 26.7 Å². The molecule has 39 heavy (non-hydrogen) atoms. The van der Waals surface area contributed by atoms with Crippen LogP contribution in [0.25, 0.3) is 0 Å². The lowest BCUT2D eigenvalue weighted by molar-refractivity contribution is -0.139. The molecule has 2 aromatic carbocycles. The van der Waals surface area contributed by atoms with Gasteiger partial charge >= 0.3 is 11.9 Å². The molecule has 2 aromatic rings. The van der Waals surface area contributed by atoms with Gasteiger partial charge in [-0.2, -0.15) is 0 Å². The summed E-state index contributed by atoms with van der Waals surface area (Å²) in [5.41, 5.74) is 3.84. The molecule has 0 aliphatic carbocycles. The number of ether oxygens (including phenoxy) is 5. The number of rotatable bonds is 7. The maximum atomic E-state index is 12.3. The third kappa shape index (κ3) is 8.35. The van der Waals surface area contributed by atoms with E-state index in [-0.39, 0.29) is 32.3 Å². The van der Waals surface area contributed by atoms with Gasteiger partial charge in [-0.1, -0.05) is 19.4 Å². The quantitative estimate of drug-likeness (QED) is 0.383. The van der Waals surface area contributed by atoms with Crippen molar-refractivity contribution in [1.29, 1.82) is 0 Å². The SMILES string of the molecule is CCCc1cc2c(cc1C=O)OCCOc1cc(C)ccc1N(CC(=O)OC)CCOCCN2CC(=O)OC. The zero-order valence-corrected chi connectivity index (χ0v) is 23.2.